The van der Waals surface area contributed by atoms with Crippen molar-refractivity contribution >= 4 is 17.5 Å². The number of halogens is 1. The molecule has 3 nitrogen and oxygen atoms in total. The third kappa shape index (κ3) is 4.46. The molecule has 1 N–H and O–H groups in total. The molecule has 0 spiro atoms. The lowest BCUT2D eigenvalue weighted by Gasteiger charge is -2.07. The van der Waals surface area contributed by atoms with Gasteiger partial charge in [-0.2, -0.15) is 5.26 Å². The van der Waals surface area contributed by atoms with E-state index in [0.717, 1.165) is 18.4 Å². The first-order chi connectivity index (χ1) is 8.15. The summed E-state index contributed by atoms with van der Waals surface area (Å²) < 4.78 is 0. The third-order valence-corrected chi connectivity index (χ3v) is 2.68. The Balaban J connectivity index is 2.47. The lowest BCUT2D eigenvalue weighted by atomic mass is 10.1. The molecular weight excluding hydrogens is 236 g/mol. The summed E-state index contributed by atoms with van der Waals surface area (Å²) in [6, 6.07) is 7.33. The summed E-state index contributed by atoms with van der Waals surface area (Å²) in [5.41, 5.74) is 1.52. The van der Waals surface area contributed by atoms with Gasteiger partial charge in [0.05, 0.1) is 6.07 Å². The summed E-state index contributed by atoms with van der Waals surface area (Å²) >= 11 is 5.85. The van der Waals surface area contributed by atoms with Crippen LogP contribution in [0.15, 0.2) is 18.2 Å². The van der Waals surface area contributed by atoms with E-state index in [1.165, 1.54) is 0 Å². The maximum absolute atomic E-state index is 11.8. The van der Waals surface area contributed by atoms with Crippen LogP contribution in [0.5, 0.6) is 0 Å². The van der Waals surface area contributed by atoms with Gasteiger partial charge in [-0.05, 0) is 37.5 Å². The first-order valence-electron chi connectivity index (χ1n) is 5.56. The van der Waals surface area contributed by atoms with Crippen molar-refractivity contribution in [2.45, 2.75) is 26.2 Å². The zero-order valence-electron chi connectivity index (χ0n) is 9.79. The fourth-order valence-electron chi connectivity index (χ4n) is 1.47. The first-order valence-corrected chi connectivity index (χ1v) is 5.94. The van der Waals surface area contributed by atoms with Gasteiger partial charge in [-0.15, -0.1) is 0 Å². The normalized spacial score (nSPS) is 9.71. The minimum Gasteiger partial charge on any atom is -0.352 e. The predicted octanol–water partition coefficient (Wildman–Crippen LogP) is 3.07. The second-order valence-corrected chi connectivity index (χ2v) is 4.27. The summed E-state index contributed by atoms with van der Waals surface area (Å²) in [5, 5.41) is 11.7. The van der Waals surface area contributed by atoms with Crippen molar-refractivity contribution in [2.24, 2.45) is 0 Å². The Bertz CT molecular complexity index is 438. The van der Waals surface area contributed by atoms with Crippen LogP contribution in [0.3, 0.4) is 0 Å². The van der Waals surface area contributed by atoms with Crippen molar-refractivity contribution in [2.75, 3.05) is 6.54 Å². The molecule has 0 bridgehead atoms. The summed E-state index contributed by atoms with van der Waals surface area (Å²) in [4.78, 5) is 11.8. The van der Waals surface area contributed by atoms with Gasteiger partial charge in [0, 0.05) is 23.6 Å². The fraction of sp³-hybridized carbons (Fsp3) is 0.385. The van der Waals surface area contributed by atoms with Gasteiger partial charge in [0.15, 0.2) is 0 Å². The number of nitrogens with one attached hydrogen (secondary N) is 1. The van der Waals surface area contributed by atoms with Crippen LogP contribution in [-0.2, 0) is 0 Å². The van der Waals surface area contributed by atoms with Crippen LogP contribution in [0.2, 0.25) is 5.02 Å². The second-order valence-electron chi connectivity index (χ2n) is 3.83. The fourth-order valence-corrected chi connectivity index (χ4v) is 1.64. The van der Waals surface area contributed by atoms with E-state index in [4.69, 9.17) is 16.9 Å². The molecular formula is C13H15ClN2O. The van der Waals surface area contributed by atoms with E-state index in [2.05, 4.69) is 11.4 Å². The molecule has 0 unspecified atom stereocenters. The molecule has 0 aliphatic heterocycles. The van der Waals surface area contributed by atoms with E-state index in [1.54, 1.807) is 12.1 Å². The van der Waals surface area contributed by atoms with Crippen LogP contribution in [0, 0.1) is 18.3 Å². The quantitative estimate of drug-likeness (QED) is 0.817. The minimum atomic E-state index is -0.109. The lowest BCUT2D eigenvalue weighted by Crippen LogP contribution is -2.25. The molecule has 17 heavy (non-hydrogen) atoms. The largest absolute Gasteiger partial charge is 0.352 e. The molecule has 90 valence electrons. The van der Waals surface area contributed by atoms with Crippen LogP contribution in [-0.4, -0.2) is 12.5 Å². The number of hydrogen-bond acceptors (Lipinski definition) is 2. The van der Waals surface area contributed by atoms with E-state index >= 15 is 0 Å². The van der Waals surface area contributed by atoms with Crippen LogP contribution in [0.4, 0.5) is 0 Å². The number of carbonyl (C=O) groups excluding carboxylic acids is 1. The van der Waals surface area contributed by atoms with Crippen molar-refractivity contribution in [3.05, 3.63) is 34.3 Å². The highest BCUT2D eigenvalue weighted by molar-refractivity contribution is 6.31. The van der Waals surface area contributed by atoms with E-state index in [9.17, 15) is 4.79 Å². The number of carbonyl (C=O) groups is 1. The molecule has 0 aliphatic rings. The highest BCUT2D eigenvalue weighted by Gasteiger charge is 2.08. The number of unbranched alkanes of at least 4 members (excludes halogenated alkanes) is 2. The average Bonchev–Trinajstić information content (AvgIpc) is 2.32. The molecule has 0 saturated heterocycles. The highest BCUT2D eigenvalue weighted by Crippen LogP contribution is 2.15. The Labute approximate surface area is 106 Å². The van der Waals surface area contributed by atoms with Crippen LogP contribution in [0.1, 0.15) is 35.2 Å². The highest BCUT2D eigenvalue weighted by atomic mass is 35.5. The van der Waals surface area contributed by atoms with Crippen molar-refractivity contribution in [3.8, 4) is 6.07 Å². The van der Waals surface area contributed by atoms with E-state index < -0.39 is 0 Å². The Morgan fingerprint density at radius 1 is 1.47 bits per heavy atom. The van der Waals surface area contributed by atoms with E-state index in [0.29, 0.717) is 23.6 Å². The van der Waals surface area contributed by atoms with Gasteiger partial charge in [-0.3, -0.25) is 4.79 Å². The molecule has 1 aromatic rings. The number of aryl methyl sites for hydroxylation is 1. The molecule has 0 heterocycles. The van der Waals surface area contributed by atoms with Gasteiger partial charge < -0.3 is 5.32 Å². The number of hydrogen-bond donors (Lipinski definition) is 1. The zero-order chi connectivity index (χ0) is 12.7. The summed E-state index contributed by atoms with van der Waals surface area (Å²) in [6.07, 6.45) is 2.16. The molecule has 0 aromatic heterocycles. The predicted molar refractivity (Wildman–Crippen MR) is 68.0 cm³/mol. The maximum atomic E-state index is 11.8. The smallest absolute Gasteiger partial charge is 0.251 e. The van der Waals surface area contributed by atoms with Crippen LogP contribution in [0.25, 0.3) is 0 Å². The minimum absolute atomic E-state index is 0.109. The monoisotopic (exact) mass is 250 g/mol. The molecule has 1 rings (SSSR count). The molecule has 0 aliphatic carbocycles. The number of benzene rings is 1. The standard InChI is InChI=1S/C13H15ClN2O/c1-10-5-6-11(14)9-12(10)13(17)16-8-4-2-3-7-15/h5-6,9H,2-4,8H2,1H3,(H,16,17). The van der Waals surface area contributed by atoms with Gasteiger partial charge in [0.25, 0.3) is 5.91 Å². The third-order valence-electron chi connectivity index (χ3n) is 2.45. The molecule has 1 amide bonds. The zero-order valence-corrected chi connectivity index (χ0v) is 10.5. The van der Waals surface area contributed by atoms with E-state index in [1.807, 2.05) is 13.0 Å². The van der Waals surface area contributed by atoms with Gasteiger partial charge in [0.2, 0.25) is 0 Å². The van der Waals surface area contributed by atoms with Crippen molar-refractivity contribution in [1.82, 2.24) is 5.32 Å². The van der Waals surface area contributed by atoms with Gasteiger partial charge >= 0.3 is 0 Å². The average molecular weight is 251 g/mol. The Kier molecular flexibility index (Phi) is 5.51. The molecule has 1 aromatic carbocycles. The van der Waals surface area contributed by atoms with Gasteiger partial charge in [-0.25, -0.2) is 0 Å². The molecule has 0 radical (unpaired) electrons. The van der Waals surface area contributed by atoms with Crippen molar-refractivity contribution < 1.29 is 4.79 Å². The number of nitriles is 1. The summed E-state index contributed by atoms with van der Waals surface area (Å²) in [6.45, 7) is 2.47. The molecule has 0 fully saturated rings. The number of rotatable bonds is 5. The summed E-state index contributed by atoms with van der Waals surface area (Å²) in [7, 11) is 0. The van der Waals surface area contributed by atoms with Gasteiger partial charge in [0.1, 0.15) is 0 Å². The number of nitrogens with zero attached hydrogens (tertiary/aromatic N) is 1. The Hall–Kier alpha value is -1.53. The van der Waals surface area contributed by atoms with Gasteiger partial charge in [-0.1, -0.05) is 17.7 Å². The van der Waals surface area contributed by atoms with Crippen molar-refractivity contribution in [3.63, 3.8) is 0 Å². The van der Waals surface area contributed by atoms with Crippen LogP contribution >= 0.6 is 11.6 Å². The Morgan fingerprint density at radius 2 is 2.24 bits per heavy atom. The van der Waals surface area contributed by atoms with Crippen LogP contribution < -0.4 is 5.32 Å². The lowest BCUT2D eigenvalue weighted by molar-refractivity contribution is 0.0952. The number of amides is 1. The molecule has 0 atom stereocenters. The summed E-state index contributed by atoms with van der Waals surface area (Å²) in [5.74, 6) is -0.109. The molecule has 0 saturated carbocycles. The first kappa shape index (κ1) is 13.5. The Morgan fingerprint density at radius 3 is 2.94 bits per heavy atom. The SMILES string of the molecule is Cc1ccc(Cl)cc1C(=O)NCCCCC#N. The second kappa shape index (κ2) is 6.93. The topological polar surface area (TPSA) is 52.9 Å². The van der Waals surface area contributed by atoms with E-state index in [-0.39, 0.29) is 5.91 Å². The molecule has 4 heteroatoms. The van der Waals surface area contributed by atoms with Crippen molar-refractivity contribution in [1.29, 1.82) is 5.26 Å². The maximum Gasteiger partial charge on any atom is 0.251 e.